The zero-order valence-corrected chi connectivity index (χ0v) is 19.2. The number of aliphatic imine (C=N–C) groups is 1. The van der Waals surface area contributed by atoms with Crippen molar-refractivity contribution in [3.8, 4) is 5.75 Å². The summed E-state index contributed by atoms with van der Waals surface area (Å²) in [7, 11) is 1.68. The van der Waals surface area contributed by atoms with Gasteiger partial charge in [-0.3, -0.25) is 0 Å². The van der Waals surface area contributed by atoms with E-state index in [2.05, 4.69) is 54.8 Å². The van der Waals surface area contributed by atoms with Gasteiger partial charge >= 0.3 is 0 Å². The summed E-state index contributed by atoms with van der Waals surface area (Å²) >= 11 is 0. The molecule has 0 heterocycles. The lowest BCUT2D eigenvalue weighted by molar-refractivity contribution is 0.117. The van der Waals surface area contributed by atoms with Gasteiger partial charge in [-0.25, -0.2) is 4.99 Å². The molecule has 0 aliphatic heterocycles. The van der Waals surface area contributed by atoms with Crippen LogP contribution in [0.5, 0.6) is 5.75 Å². The van der Waals surface area contributed by atoms with E-state index in [4.69, 9.17) is 19.2 Å². The highest BCUT2D eigenvalue weighted by Crippen LogP contribution is 2.21. The van der Waals surface area contributed by atoms with Crippen LogP contribution in [0.25, 0.3) is 0 Å². The molecule has 0 amide bonds. The SMILES string of the molecule is CCNC(=NCc1ccc(C)cc1OCCOC)NCCCCOCc1ccccc1. The first kappa shape index (κ1) is 24.7. The highest BCUT2D eigenvalue weighted by atomic mass is 16.5. The van der Waals surface area contributed by atoms with Crippen molar-refractivity contribution in [3.05, 3.63) is 65.2 Å². The number of benzene rings is 2. The largest absolute Gasteiger partial charge is 0.491 e. The lowest BCUT2D eigenvalue weighted by atomic mass is 10.1. The van der Waals surface area contributed by atoms with Gasteiger partial charge in [0.05, 0.1) is 19.8 Å². The maximum atomic E-state index is 5.87. The molecule has 0 bridgehead atoms. The van der Waals surface area contributed by atoms with E-state index in [9.17, 15) is 0 Å². The first-order chi connectivity index (χ1) is 15.2. The summed E-state index contributed by atoms with van der Waals surface area (Å²) in [5.41, 5.74) is 3.44. The number of methoxy groups -OCH3 is 1. The van der Waals surface area contributed by atoms with Crippen molar-refractivity contribution in [1.82, 2.24) is 10.6 Å². The highest BCUT2D eigenvalue weighted by Gasteiger charge is 2.05. The summed E-state index contributed by atoms with van der Waals surface area (Å²) in [6, 6.07) is 16.5. The number of hydrogen-bond acceptors (Lipinski definition) is 4. The molecule has 2 N–H and O–H groups in total. The predicted octanol–water partition coefficient (Wildman–Crippen LogP) is 4.07. The number of guanidine groups is 1. The van der Waals surface area contributed by atoms with Gasteiger partial charge in [0.25, 0.3) is 0 Å². The van der Waals surface area contributed by atoms with Crippen LogP contribution in [0.15, 0.2) is 53.5 Å². The highest BCUT2D eigenvalue weighted by molar-refractivity contribution is 5.79. The molecule has 170 valence electrons. The molecule has 0 saturated heterocycles. The number of unbranched alkanes of at least 4 members (excludes halogenated alkanes) is 1. The Morgan fingerprint density at radius 2 is 1.81 bits per heavy atom. The first-order valence-corrected chi connectivity index (χ1v) is 11.1. The molecule has 0 saturated carbocycles. The van der Waals surface area contributed by atoms with Crippen LogP contribution in [0.2, 0.25) is 0 Å². The van der Waals surface area contributed by atoms with E-state index < -0.39 is 0 Å². The average molecular weight is 428 g/mol. The van der Waals surface area contributed by atoms with Crippen molar-refractivity contribution >= 4 is 5.96 Å². The van der Waals surface area contributed by atoms with Gasteiger partial charge in [-0.15, -0.1) is 0 Å². The summed E-state index contributed by atoms with van der Waals surface area (Å²) in [6.45, 7) is 8.88. The van der Waals surface area contributed by atoms with Crippen LogP contribution >= 0.6 is 0 Å². The Balaban J connectivity index is 1.74. The smallest absolute Gasteiger partial charge is 0.191 e. The second-order valence-electron chi connectivity index (χ2n) is 7.32. The molecule has 6 heteroatoms. The molecule has 0 unspecified atom stereocenters. The Kier molecular flexibility index (Phi) is 12.2. The summed E-state index contributed by atoms with van der Waals surface area (Å²) in [5, 5.41) is 6.71. The van der Waals surface area contributed by atoms with Crippen molar-refractivity contribution in [3.63, 3.8) is 0 Å². The van der Waals surface area contributed by atoms with Gasteiger partial charge in [-0.1, -0.05) is 42.5 Å². The van der Waals surface area contributed by atoms with Crippen molar-refractivity contribution in [2.45, 2.75) is 39.8 Å². The fraction of sp³-hybridized carbons (Fsp3) is 0.480. The number of nitrogens with zero attached hydrogens (tertiary/aromatic N) is 1. The second kappa shape index (κ2) is 15.3. The normalized spacial score (nSPS) is 11.4. The van der Waals surface area contributed by atoms with Gasteiger partial charge in [0.1, 0.15) is 12.4 Å². The summed E-state index contributed by atoms with van der Waals surface area (Å²) in [6.07, 6.45) is 2.03. The molecule has 2 rings (SSSR count). The van der Waals surface area contributed by atoms with Crippen LogP contribution in [0.3, 0.4) is 0 Å². The summed E-state index contributed by atoms with van der Waals surface area (Å²) in [5.74, 6) is 1.68. The number of rotatable bonds is 14. The van der Waals surface area contributed by atoms with E-state index >= 15 is 0 Å². The number of nitrogens with one attached hydrogen (secondary N) is 2. The Hall–Kier alpha value is -2.57. The molecule has 0 atom stereocenters. The number of ether oxygens (including phenoxy) is 3. The van der Waals surface area contributed by atoms with Crippen LogP contribution in [0, 0.1) is 6.92 Å². The minimum absolute atomic E-state index is 0.529. The monoisotopic (exact) mass is 427 g/mol. The summed E-state index contributed by atoms with van der Waals surface area (Å²) in [4.78, 5) is 4.73. The molecule has 31 heavy (non-hydrogen) atoms. The molecule has 2 aromatic carbocycles. The molecule has 0 fully saturated rings. The van der Waals surface area contributed by atoms with Gasteiger partial charge < -0.3 is 24.8 Å². The van der Waals surface area contributed by atoms with Crippen LogP contribution in [-0.4, -0.2) is 46.0 Å². The summed E-state index contributed by atoms with van der Waals surface area (Å²) < 4.78 is 16.7. The Morgan fingerprint density at radius 3 is 2.58 bits per heavy atom. The van der Waals surface area contributed by atoms with E-state index in [0.717, 1.165) is 49.8 Å². The van der Waals surface area contributed by atoms with Gasteiger partial charge in [0.15, 0.2) is 5.96 Å². The fourth-order valence-corrected chi connectivity index (χ4v) is 2.97. The van der Waals surface area contributed by atoms with Crippen LogP contribution < -0.4 is 15.4 Å². The fourth-order valence-electron chi connectivity index (χ4n) is 2.97. The second-order valence-corrected chi connectivity index (χ2v) is 7.32. The third-order valence-electron chi connectivity index (χ3n) is 4.64. The minimum atomic E-state index is 0.529. The third kappa shape index (κ3) is 10.3. The standard InChI is InChI=1S/C25H37N3O3/c1-4-26-25(27-14-8-9-15-30-20-22-10-6-5-7-11-22)28-19-23-13-12-21(2)18-24(23)31-17-16-29-3/h5-7,10-13,18H,4,8-9,14-17,19-20H2,1-3H3,(H2,26,27,28). The Morgan fingerprint density at radius 1 is 0.968 bits per heavy atom. The topological polar surface area (TPSA) is 64.1 Å². The van der Waals surface area contributed by atoms with Crippen molar-refractivity contribution in [1.29, 1.82) is 0 Å². The van der Waals surface area contributed by atoms with Gasteiger partial charge in [0.2, 0.25) is 0 Å². The molecular weight excluding hydrogens is 390 g/mol. The maximum Gasteiger partial charge on any atom is 0.191 e. The maximum absolute atomic E-state index is 5.87. The van der Waals surface area contributed by atoms with E-state index in [0.29, 0.717) is 26.4 Å². The molecule has 0 aliphatic rings. The Labute approximate surface area is 187 Å². The zero-order valence-electron chi connectivity index (χ0n) is 19.2. The van der Waals surface area contributed by atoms with Gasteiger partial charge in [-0.2, -0.15) is 0 Å². The minimum Gasteiger partial charge on any atom is -0.491 e. The van der Waals surface area contributed by atoms with Crippen molar-refractivity contribution in [2.24, 2.45) is 4.99 Å². The van der Waals surface area contributed by atoms with E-state index in [1.165, 1.54) is 11.1 Å². The first-order valence-electron chi connectivity index (χ1n) is 11.1. The van der Waals surface area contributed by atoms with Crippen LogP contribution in [0.1, 0.15) is 36.5 Å². The molecule has 2 aromatic rings. The van der Waals surface area contributed by atoms with Gasteiger partial charge in [-0.05, 0) is 43.9 Å². The molecule has 6 nitrogen and oxygen atoms in total. The zero-order chi connectivity index (χ0) is 22.2. The van der Waals surface area contributed by atoms with Crippen LogP contribution in [-0.2, 0) is 22.6 Å². The Bertz CT molecular complexity index is 766. The van der Waals surface area contributed by atoms with Crippen molar-refractivity contribution in [2.75, 3.05) is 40.0 Å². The van der Waals surface area contributed by atoms with Crippen LogP contribution in [0.4, 0.5) is 0 Å². The third-order valence-corrected chi connectivity index (χ3v) is 4.64. The lowest BCUT2D eigenvalue weighted by Crippen LogP contribution is -2.37. The molecule has 0 aromatic heterocycles. The average Bonchev–Trinajstić information content (AvgIpc) is 2.78. The van der Waals surface area contributed by atoms with E-state index in [-0.39, 0.29) is 0 Å². The predicted molar refractivity (Wildman–Crippen MR) is 127 cm³/mol. The molecule has 0 aliphatic carbocycles. The van der Waals surface area contributed by atoms with Gasteiger partial charge in [0, 0.05) is 32.4 Å². The quantitative estimate of drug-likeness (QED) is 0.270. The lowest BCUT2D eigenvalue weighted by Gasteiger charge is -2.13. The van der Waals surface area contributed by atoms with Crippen molar-refractivity contribution < 1.29 is 14.2 Å². The number of hydrogen-bond donors (Lipinski definition) is 2. The molecule has 0 radical (unpaired) electrons. The molecular formula is C25H37N3O3. The van der Waals surface area contributed by atoms with E-state index in [1.54, 1.807) is 7.11 Å². The molecule has 0 spiro atoms. The van der Waals surface area contributed by atoms with E-state index in [1.807, 2.05) is 18.2 Å². The number of aryl methyl sites for hydroxylation is 1.